The summed E-state index contributed by atoms with van der Waals surface area (Å²) in [6, 6.07) is 16.0. The average molecular weight is 388 g/mol. The molecule has 24 heavy (non-hydrogen) atoms. The van der Waals surface area contributed by atoms with E-state index in [-0.39, 0.29) is 11.9 Å². The topological polar surface area (TPSA) is 58.4 Å². The Labute approximate surface area is 151 Å². The number of carbonyl (C=O) groups excluding carboxylic acids is 1. The molecule has 126 valence electrons. The number of hydrogen-bond acceptors (Lipinski definition) is 3. The first-order valence-electron chi connectivity index (χ1n) is 8.24. The third-order valence-electron chi connectivity index (χ3n) is 4.41. The minimum atomic E-state index is -0.0596. The van der Waals surface area contributed by atoms with Gasteiger partial charge in [-0.25, -0.2) is 0 Å². The fourth-order valence-electron chi connectivity index (χ4n) is 3.06. The van der Waals surface area contributed by atoms with Crippen LogP contribution in [0.1, 0.15) is 28.8 Å². The maximum absolute atomic E-state index is 12.4. The summed E-state index contributed by atoms with van der Waals surface area (Å²) in [7, 11) is 0. The van der Waals surface area contributed by atoms with Crippen molar-refractivity contribution in [3.63, 3.8) is 0 Å². The minimum absolute atomic E-state index is 0.0596. The van der Waals surface area contributed by atoms with Crippen LogP contribution in [0.4, 0.5) is 5.69 Å². The predicted molar refractivity (Wildman–Crippen MR) is 101 cm³/mol. The van der Waals surface area contributed by atoms with Gasteiger partial charge in [0.25, 0.3) is 5.91 Å². The molecule has 0 unspecified atom stereocenters. The molecule has 5 heteroatoms. The van der Waals surface area contributed by atoms with Gasteiger partial charge in [0.15, 0.2) is 0 Å². The Morgan fingerprint density at radius 1 is 1.17 bits per heavy atom. The number of nitrogens with zero attached hydrogens (tertiary/aromatic N) is 1. The normalized spacial score (nSPS) is 16.0. The van der Waals surface area contributed by atoms with Crippen LogP contribution in [0, 0.1) is 0 Å². The molecule has 1 amide bonds. The van der Waals surface area contributed by atoms with Gasteiger partial charge in [-0.1, -0.05) is 30.3 Å². The smallest absolute Gasteiger partial charge is 0.252 e. The third-order valence-corrected chi connectivity index (χ3v) is 5.10. The van der Waals surface area contributed by atoms with E-state index in [2.05, 4.69) is 50.4 Å². The summed E-state index contributed by atoms with van der Waals surface area (Å²) in [5, 5.41) is 3.14. The number of nitrogens with one attached hydrogen (secondary N) is 1. The summed E-state index contributed by atoms with van der Waals surface area (Å²) in [4.78, 5) is 14.9. The molecule has 2 aromatic carbocycles. The van der Waals surface area contributed by atoms with Gasteiger partial charge < -0.3 is 11.1 Å². The fourth-order valence-corrected chi connectivity index (χ4v) is 3.48. The van der Waals surface area contributed by atoms with Gasteiger partial charge in [0.2, 0.25) is 0 Å². The van der Waals surface area contributed by atoms with Gasteiger partial charge in [-0.05, 0) is 52.5 Å². The number of nitrogen functional groups attached to an aromatic ring is 1. The molecule has 1 heterocycles. The van der Waals surface area contributed by atoms with Gasteiger partial charge in [-0.15, -0.1) is 0 Å². The Bertz CT molecular complexity index is 697. The largest absolute Gasteiger partial charge is 0.399 e. The lowest BCUT2D eigenvalue weighted by Crippen LogP contribution is -2.44. The number of likely N-dealkylation sites (tertiary alicyclic amines) is 1. The van der Waals surface area contributed by atoms with E-state index in [1.165, 1.54) is 5.56 Å². The summed E-state index contributed by atoms with van der Waals surface area (Å²) < 4.78 is 0.774. The van der Waals surface area contributed by atoms with Gasteiger partial charge in [-0.2, -0.15) is 0 Å². The number of halogens is 1. The molecular weight excluding hydrogens is 366 g/mol. The molecule has 2 aromatic rings. The monoisotopic (exact) mass is 387 g/mol. The quantitative estimate of drug-likeness (QED) is 0.790. The minimum Gasteiger partial charge on any atom is -0.399 e. The Balaban J connectivity index is 1.52. The Morgan fingerprint density at radius 2 is 1.88 bits per heavy atom. The molecule has 1 aliphatic heterocycles. The van der Waals surface area contributed by atoms with Crippen molar-refractivity contribution in [2.45, 2.75) is 25.4 Å². The summed E-state index contributed by atoms with van der Waals surface area (Å²) >= 11 is 3.42. The molecule has 0 aromatic heterocycles. The molecule has 0 aliphatic carbocycles. The zero-order valence-electron chi connectivity index (χ0n) is 13.5. The SMILES string of the molecule is Nc1ccc(Br)c(C(=O)NC2CCN(Cc3ccccc3)CC2)c1. The number of nitrogens with two attached hydrogens (primary N) is 1. The number of piperidine rings is 1. The Morgan fingerprint density at radius 3 is 2.58 bits per heavy atom. The molecule has 1 aliphatic rings. The maximum Gasteiger partial charge on any atom is 0.252 e. The highest BCUT2D eigenvalue weighted by atomic mass is 79.9. The number of amides is 1. The second kappa shape index (κ2) is 7.81. The molecular formula is C19H22BrN3O. The molecule has 3 N–H and O–H groups in total. The van der Waals surface area contributed by atoms with E-state index in [9.17, 15) is 4.79 Å². The summed E-state index contributed by atoms with van der Waals surface area (Å²) in [5.74, 6) is -0.0596. The van der Waals surface area contributed by atoms with Crippen molar-refractivity contribution in [3.8, 4) is 0 Å². The first-order valence-corrected chi connectivity index (χ1v) is 9.03. The van der Waals surface area contributed by atoms with E-state index in [1.54, 1.807) is 12.1 Å². The van der Waals surface area contributed by atoms with Gasteiger partial charge in [0, 0.05) is 35.8 Å². The molecule has 1 fully saturated rings. The second-order valence-electron chi connectivity index (χ2n) is 6.25. The molecule has 3 rings (SSSR count). The lowest BCUT2D eigenvalue weighted by atomic mass is 10.0. The van der Waals surface area contributed by atoms with Crippen LogP contribution in [0.15, 0.2) is 53.0 Å². The number of carbonyl (C=O) groups is 1. The number of rotatable bonds is 4. The lowest BCUT2D eigenvalue weighted by Gasteiger charge is -2.32. The fraction of sp³-hybridized carbons (Fsp3) is 0.316. The molecule has 0 saturated carbocycles. The van der Waals surface area contributed by atoms with Crippen LogP contribution >= 0.6 is 15.9 Å². The number of hydrogen-bond donors (Lipinski definition) is 2. The van der Waals surface area contributed by atoms with E-state index in [4.69, 9.17) is 5.73 Å². The summed E-state index contributed by atoms with van der Waals surface area (Å²) in [6.45, 7) is 2.97. The van der Waals surface area contributed by atoms with Crippen molar-refractivity contribution in [3.05, 3.63) is 64.1 Å². The van der Waals surface area contributed by atoms with E-state index in [1.807, 2.05) is 12.1 Å². The third kappa shape index (κ3) is 4.36. The first kappa shape index (κ1) is 17.0. The Hall–Kier alpha value is -1.85. The zero-order valence-corrected chi connectivity index (χ0v) is 15.1. The van der Waals surface area contributed by atoms with Crippen molar-refractivity contribution in [2.75, 3.05) is 18.8 Å². The van der Waals surface area contributed by atoms with Crippen molar-refractivity contribution in [1.29, 1.82) is 0 Å². The van der Waals surface area contributed by atoms with Crippen LogP contribution in [0.2, 0.25) is 0 Å². The predicted octanol–water partition coefficient (Wildman–Crippen LogP) is 3.43. The molecule has 1 saturated heterocycles. The first-order chi connectivity index (χ1) is 11.6. The van der Waals surface area contributed by atoms with Crippen molar-refractivity contribution in [1.82, 2.24) is 10.2 Å². The maximum atomic E-state index is 12.4. The zero-order chi connectivity index (χ0) is 16.9. The molecule has 4 nitrogen and oxygen atoms in total. The van der Waals surface area contributed by atoms with Crippen LogP contribution in [0.25, 0.3) is 0 Å². The van der Waals surface area contributed by atoms with Crippen LogP contribution in [-0.2, 0) is 6.54 Å². The van der Waals surface area contributed by atoms with E-state index >= 15 is 0 Å². The van der Waals surface area contributed by atoms with Crippen molar-refractivity contribution < 1.29 is 4.79 Å². The van der Waals surface area contributed by atoms with E-state index in [0.29, 0.717) is 11.3 Å². The van der Waals surface area contributed by atoms with Crippen LogP contribution in [0.5, 0.6) is 0 Å². The number of anilines is 1. The van der Waals surface area contributed by atoms with E-state index in [0.717, 1.165) is 36.9 Å². The molecule has 0 bridgehead atoms. The summed E-state index contributed by atoms with van der Waals surface area (Å²) in [6.07, 6.45) is 1.94. The Kier molecular flexibility index (Phi) is 5.53. The molecule has 0 radical (unpaired) electrons. The lowest BCUT2D eigenvalue weighted by molar-refractivity contribution is 0.0908. The second-order valence-corrected chi connectivity index (χ2v) is 7.10. The highest BCUT2D eigenvalue weighted by molar-refractivity contribution is 9.10. The number of benzene rings is 2. The van der Waals surface area contributed by atoms with E-state index < -0.39 is 0 Å². The highest BCUT2D eigenvalue weighted by Gasteiger charge is 2.22. The van der Waals surface area contributed by atoms with Crippen molar-refractivity contribution in [2.24, 2.45) is 0 Å². The standard InChI is InChI=1S/C19H22BrN3O/c20-18-7-6-15(21)12-17(18)19(24)22-16-8-10-23(11-9-16)13-14-4-2-1-3-5-14/h1-7,12,16H,8-11,13,21H2,(H,22,24). The van der Waals surface area contributed by atoms with Crippen LogP contribution < -0.4 is 11.1 Å². The summed E-state index contributed by atoms with van der Waals surface area (Å²) in [5.41, 5.74) is 8.32. The van der Waals surface area contributed by atoms with Gasteiger partial charge in [0.05, 0.1) is 5.56 Å². The van der Waals surface area contributed by atoms with Crippen LogP contribution in [0.3, 0.4) is 0 Å². The average Bonchev–Trinajstić information content (AvgIpc) is 2.59. The molecule has 0 atom stereocenters. The van der Waals surface area contributed by atoms with Crippen molar-refractivity contribution >= 4 is 27.5 Å². The van der Waals surface area contributed by atoms with Gasteiger partial charge in [-0.3, -0.25) is 9.69 Å². The van der Waals surface area contributed by atoms with Crippen LogP contribution in [-0.4, -0.2) is 29.9 Å². The van der Waals surface area contributed by atoms with Gasteiger partial charge >= 0.3 is 0 Å². The van der Waals surface area contributed by atoms with Gasteiger partial charge in [0.1, 0.15) is 0 Å². The molecule has 0 spiro atoms. The highest BCUT2D eigenvalue weighted by Crippen LogP contribution is 2.20.